The van der Waals surface area contributed by atoms with Gasteiger partial charge in [-0.15, -0.1) is 0 Å². The highest BCUT2D eigenvalue weighted by molar-refractivity contribution is 5.95. The minimum absolute atomic E-state index is 0.0864. The average molecular weight is 233 g/mol. The molecule has 17 heavy (non-hydrogen) atoms. The molecule has 0 aromatic carbocycles. The number of rotatable bonds is 3. The van der Waals surface area contributed by atoms with Crippen molar-refractivity contribution < 1.29 is 9.53 Å². The van der Waals surface area contributed by atoms with Crippen LogP contribution in [0.4, 0.5) is 0 Å². The predicted octanol–water partition coefficient (Wildman–Crippen LogP) is 1.18. The lowest BCUT2D eigenvalue weighted by Gasteiger charge is -2.06. The van der Waals surface area contributed by atoms with Crippen molar-refractivity contribution in [2.45, 2.75) is 12.8 Å². The number of carbonyl (C=O) groups excluding carboxylic acids is 1. The highest BCUT2D eigenvalue weighted by atomic mass is 16.5. The summed E-state index contributed by atoms with van der Waals surface area (Å²) in [5, 5.41) is 0. The minimum atomic E-state index is -0.427. The van der Waals surface area contributed by atoms with Gasteiger partial charge in [0.25, 0.3) is 0 Å². The van der Waals surface area contributed by atoms with Gasteiger partial charge in [-0.2, -0.15) is 0 Å². The number of fused-ring (bicyclic) bond motifs is 1. The van der Waals surface area contributed by atoms with E-state index in [1.54, 1.807) is 0 Å². The molecule has 5 nitrogen and oxygen atoms in total. The Bertz CT molecular complexity index is 548. The first-order valence-corrected chi connectivity index (χ1v) is 5.44. The molecule has 5 heteroatoms. The van der Waals surface area contributed by atoms with Gasteiger partial charge in [0.05, 0.1) is 12.6 Å². The Balaban J connectivity index is 2.66. The van der Waals surface area contributed by atoms with E-state index in [2.05, 4.69) is 4.98 Å². The van der Waals surface area contributed by atoms with E-state index in [1.165, 1.54) is 7.11 Å². The quantitative estimate of drug-likeness (QED) is 0.808. The Labute approximate surface area is 99.2 Å². The number of ether oxygens (including phenoxy) is 1. The summed E-state index contributed by atoms with van der Waals surface area (Å²) in [4.78, 5) is 16.0. The van der Waals surface area contributed by atoms with Crippen LogP contribution in [0.3, 0.4) is 0 Å². The van der Waals surface area contributed by atoms with Crippen molar-refractivity contribution in [3.8, 4) is 0 Å². The van der Waals surface area contributed by atoms with Crippen molar-refractivity contribution in [2.24, 2.45) is 5.73 Å². The van der Waals surface area contributed by atoms with Gasteiger partial charge in [-0.1, -0.05) is 13.0 Å². The SMILES string of the molecule is COC(=O)c1nc(C(C)CN)n2ccccc12. The minimum Gasteiger partial charge on any atom is -0.464 e. The second-order valence-electron chi connectivity index (χ2n) is 3.90. The number of nitrogens with zero attached hydrogens (tertiary/aromatic N) is 2. The molecule has 0 aliphatic carbocycles. The average Bonchev–Trinajstić information content (AvgIpc) is 2.76. The number of pyridine rings is 1. The van der Waals surface area contributed by atoms with Gasteiger partial charge in [0.2, 0.25) is 0 Å². The molecule has 0 aliphatic heterocycles. The molecule has 2 heterocycles. The van der Waals surface area contributed by atoms with Gasteiger partial charge in [0, 0.05) is 18.7 Å². The van der Waals surface area contributed by atoms with Crippen molar-refractivity contribution >= 4 is 11.5 Å². The molecule has 0 saturated carbocycles. The van der Waals surface area contributed by atoms with Crippen molar-refractivity contribution in [3.63, 3.8) is 0 Å². The van der Waals surface area contributed by atoms with E-state index in [4.69, 9.17) is 10.5 Å². The van der Waals surface area contributed by atoms with Crippen LogP contribution in [-0.4, -0.2) is 29.0 Å². The first-order chi connectivity index (χ1) is 8.19. The number of carbonyl (C=O) groups is 1. The highest BCUT2D eigenvalue weighted by Gasteiger charge is 2.19. The fourth-order valence-corrected chi connectivity index (χ4v) is 1.76. The first-order valence-electron chi connectivity index (χ1n) is 5.44. The van der Waals surface area contributed by atoms with E-state index >= 15 is 0 Å². The van der Waals surface area contributed by atoms with Crippen molar-refractivity contribution in [3.05, 3.63) is 35.9 Å². The summed E-state index contributed by atoms with van der Waals surface area (Å²) in [7, 11) is 1.35. The van der Waals surface area contributed by atoms with Crippen LogP contribution in [0.15, 0.2) is 24.4 Å². The third kappa shape index (κ3) is 1.89. The maximum absolute atomic E-state index is 11.6. The molecule has 2 aromatic rings. The first kappa shape index (κ1) is 11.6. The largest absolute Gasteiger partial charge is 0.464 e. The zero-order valence-electron chi connectivity index (χ0n) is 9.88. The maximum Gasteiger partial charge on any atom is 0.358 e. The Morgan fingerprint density at radius 2 is 2.35 bits per heavy atom. The van der Waals surface area contributed by atoms with Crippen LogP contribution in [0.25, 0.3) is 5.52 Å². The number of esters is 1. The molecule has 2 N–H and O–H groups in total. The van der Waals surface area contributed by atoms with E-state index in [1.807, 2.05) is 35.7 Å². The van der Waals surface area contributed by atoms with Crippen LogP contribution in [0.2, 0.25) is 0 Å². The number of hydrogen-bond donors (Lipinski definition) is 1. The molecule has 0 aliphatic rings. The summed E-state index contributed by atoms with van der Waals surface area (Å²) in [5.74, 6) is 0.441. The molecule has 0 fully saturated rings. The monoisotopic (exact) mass is 233 g/mol. The summed E-state index contributed by atoms with van der Waals surface area (Å²) in [6.07, 6.45) is 1.87. The molecule has 0 radical (unpaired) electrons. The van der Waals surface area contributed by atoms with Gasteiger partial charge < -0.3 is 14.9 Å². The topological polar surface area (TPSA) is 69.6 Å². The summed E-state index contributed by atoms with van der Waals surface area (Å²) in [5.41, 5.74) is 6.72. The van der Waals surface area contributed by atoms with E-state index in [-0.39, 0.29) is 5.92 Å². The second-order valence-corrected chi connectivity index (χ2v) is 3.90. The lowest BCUT2D eigenvalue weighted by atomic mass is 10.2. The molecule has 0 amide bonds. The van der Waals surface area contributed by atoms with Crippen LogP contribution in [0.5, 0.6) is 0 Å². The highest BCUT2D eigenvalue weighted by Crippen LogP contribution is 2.19. The molecule has 0 bridgehead atoms. The van der Waals surface area contributed by atoms with Gasteiger partial charge in [0.1, 0.15) is 5.82 Å². The lowest BCUT2D eigenvalue weighted by molar-refractivity contribution is 0.0597. The number of imidazole rings is 1. The van der Waals surface area contributed by atoms with Gasteiger partial charge in [-0.05, 0) is 12.1 Å². The fourth-order valence-electron chi connectivity index (χ4n) is 1.76. The summed E-state index contributed by atoms with van der Waals surface area (Å²) in [6.45, 7) is 2.46. The number of nitrogens with two attached hydrogens (primary N) is 1. The van der Waals surface area contributed by atoms with Gasteiger partial charge in [0.15, 0.2) is 5.69 Å². The van der Waals surface area contributed by atoms with Gasteiger partial charge in [-0.25, -0.2) is 9.78 Å². The summed E-state index contributed by atoms with van der Waals surface area (Å²) >= 11 is 0. The zero-order valence-corrected chi connectivity index (χ0v) is 9.88. The van der Waals surface area contributed by atoms with Crippen molar-refractivity contribution in [1.82, 2.24) is 9.38 Å². The van der Waals surface area contributed by atoms with Crippen LogP contribution in [0.1, 0.15) is 29.2 Å². The number of hydrogen-bond acceptors (Lipinski definition) is 4. The Hall–Kier alpha value is -1.88. The van der Waals surface area contributed by atoms with Gasteiger partial charge in [-0.3, -0.25) is 0 Å². The lowest BCUT2D eigenvalue weighted by Crippen LogP contribution is -2.12. The molecule has 0 saturated heterocycles. The van der Waals surface area contributed by atoms with Crippen LogP contribution in [-0.2, 0) is 4.74 Å². The molecule has 1 atom stereocenters. The van der Waals surface area contributed by atoms with Crippen molar-refractivity contribution in [1.29, 1.82) is 0 Å². The van der Waals surface area contributed by atoms with E-state index in [0.29, 0.717) is 12.2 Å². The molecular weight excluding hydrogens is 218 g/mol. The number of methoxy groups -OCH3 is 1. The maximum atomic E-state index is 11.6. The van der Waals surface area contributed by atoms with E-state index in [9.17, 15) is 4.79 Å². The summed E-state index contributed by atoms with van der Waals surface area (Å²) in [6, 6.07) is 5.59. The second kappa shape index (κ2) is 4.55. The molecule has 0 spiro atoms. The number of aromatic nitrogens is 2. The zero-order chi connectivity index (χ0) is 12.4. The van der Waals surface area contributed by atoms with Gasteiger partial charge >= 0.3 is 5.97 Å². The fraction of sp³-hybridized carbons (Fsp3) is 0.333. The summed E-state index contributed by atoms with van der Waals surface area (Å²) < 4.78 is 6.60. The van der Waals surface area contributed by atoms with Crippen molar-refractivity contribution in [2.75, 3.05) is 13.7 Å². The molecule has 2 rings (SSSR count). The normalized spacial score (nSPS) is 12.6. The predicted molar refractivity (Wildman–Crippen MR) is 64.0 cm³/mol. The standard InChI is InChI=1S/C12H15N3O2/c1-8(7-13)11-14-10(12(16)17-2)9-5-3-4-6-15(9)11/h3-6,8H,7,13H2,1-2H3. The van der Waals surface area contributed by atoms with Crippen LogP contribution >= 0.6 is 0 Å². The van der Waals surface area contributed by atoms with E-state index < -0.39 is 5.97 Å². The Kier molecular flexibility index (Phi) is 3.10. The molecular formula is C12H15N3O2. The molecule has 1 unspecified atom stereocenters. The van der Waals surface area contributed by atoms with Crippen LogP contribution in [0, 0.1) is 0 Å². The molecule has 90 valence electrons. The third-order valence-corrected chi connectivity index (χ3v) is 2.75. The smallest absolute Gasteiger partial charge is 0.358 e. The molecule has 2 aromatic heterocycles. The van der Waals surface area contributed by atoms with Crippen LogP contribution < -0.4 is 5.73 Å². The Morgan fingerprint density at radius 3 is 3.00 bits per heavy atom. The Morgan fingerprint density at radius 1 is 1.59 bits per heavy atom. The third-order valence-electron chi connectivity index (χ3n) is 2.75. The van der Waals surface area contributed by atoms with E-state index in [0.717, 1.165) is 11.3 Å².